The van der Waals surface area contributed by atoms with Crippen molar-refractivity contribution in [1.82, 2.24) is 15.0 Å². The van der Waals surface area contributed by atoms with Crippen molar-refractivity contribution in [3.63, 3.8) is 0 Å². The summed E-state index contributed by atoms with van der Waals surface area (Å²) in [5, 5.41) is 16.2. The first-order valence-electron chi connectivity index (χ1n) is 11.8. The average Bonchev–Trinajstić information content (AvgIpc) is 3.58. The second kappa shape index (κ2) is 14.1. The van der Waals surface area contributed by atoms with Crippen LogP contribution in [0.3, 0.4) is 0 Å². The summed E-state index contributed by atoms with van der Waals surface area (Å²) in [5.41, 5.74) is 5.25. The van der Waals surface area contributed by atoms with Gasteiger partial charge in [-0.05, 0) is 25.0 Å². The number of hydrogen-bond donors (Lipinski definition) is 1. The topological polar surface area (TPSA) is 111 Å². The summed E-state index contributed by atoms with van der Waals surface area (Å²) in [5.74, 6) is -1.24. The van der Waals surface area contributed by atoms with Crippen molar-refractivity contribution < 1.29 is 29.0 Å². The van der Waals surface area contributed by atoms with Gasteiger partial charge in [0.05, 0.1) is 28.5 Å². The van der Waals surface area contributed by atoms with Crippen LogP contribution in [0.15, 0.2) is 59.3 Å². The number of amides is 1. The third kappa shape index (κ3) is 7.78. The molecule has 0 fully saturated rings. The summed E-state index contributed by atoms with van der Waals surface area (Å²) >= 11 is 3.20. The Morgan fingerprint density at radius 1 is 0.769 bits per heavy atom. The normalized spacial score (nSPS) is 12.3. The molecule has 0 bridgehead atoms. The van der Waals surface area contributed by atoms with Gasteiger partial charge in [0.1, 0.15) is 0 Å². The summed E-state index contributed by atoms with van der Waals surface area (Å²) in [6.45, 7) is 3.93. The van der Waals surface area contributed by atoms with Crippen molar-refractivity contribution in [2.75, 3.05) is 28.4 Å². The maximum Gasteiger partial charge on any atom is 0.337 e. The molecule has 0 spiro atoms. The molecule has 2 atom stereocenters. The van der Waals surface area contributed by atoms with E-state index in [0.29, 0.717) is 5.56 Å². The molecule has 2 aromatic carbocycles. The van der Waals surface area contributed by atoms with Crippen LogP contribution < -0.4 is 0 Å². The van der Waals surface area contributed by atoms with E-state index in [2.05, 4.69) is 9.97 Å². The predicted molar refractivity (Wildman–Crippen MR) is 151 cm³/mol. The molecule has 0 saturated carbocycles. The zero-order chi connectivity index (χ0) is 28.5. The highest BCUT2D eigenvalue weighted by atomic mass is 32.1. The Morgan fingerprint density at radius 3 is 1.49 bits per heavy atom. The minimum atomic E-state index is -0.991. The van der Waals surface area contributed by atoms with Gasteiger partial charge in [-0.1, -0.05) is 48.5 Å². The Kier molecular flexibility index (Phi) is 10.8. The third-order valence-electron chi connectivity index (χ3n) is 5.76. The molecule has 0 aliphatic heterocycles. The first-order valence-corrected chi connectivity index (χ1v) is 13.6. The maximum atomic E-state index is 12.1. The number of rotatable bonds is 9. The van der Waals surface area contributed by atoms with Gasteiger partial charge < -0.3 is 14.6 Å². The van der Waals surface area contributed by atoms with Crippen LogP contribution in [0.4, 0.5) is 0 Å². The van der Waals surface area contributed by atoms with E-state index in [9.17, 15) is 9.59 Å². The number of likely N-dealkylation sites (N-methyl/N-ethyl adjacent to an activating group) is 1. The van der Waals surface area contributed by atoms with Crippen molar-refractivity contribution in [2.24, 2.45) is 0 Å². The lowest BCUT2D eigenvalue weighted by molar-refractivity contribution is -0.179. The molecule has 206 valence electrons. The number of aryl methyl sites for hydroxylation is 2. The number of benzene rings is 2. The number of hydroxylamine groups is 2. The fraction of sp³-hybridized carbons (Fsp3) is 0.286. The van der Waals surface area contributed by atoms with E-state index in [1.807, 2.05) is 61.0 Å². The molecule has 4 rings (SSSR count). The average molecular weight is 570 g/mol. The largest absolute Gasteiger partial charge is 0.479 e. The Bertz CT molecular complexity index is 1370. The number of aromatic nitrogens is 2. The number of hydrogen-bond acceptors (Lipinski definition) is 9. The van der Waals surface area contributed by atoms with Gasteiger partial charge >= 0.3 is 5.97 Å². The number of carboxylic acids is 1. The Labute approximate surface area is 235 Å². The molecule has 1 N–H and O–H groups in total. The summed E-state index contributed by atoms with van der Waals surface area (Å²) in [4.78, 5) is 36.8. The number of carboxylic acid groups (broad SMARTS) is 1. The van der Waals surface area contributed by atoms with Crippen LogP contribution in [0.5, 0.6) is 0 Å². The van der Waals surface area contributed by atoms with Gasteiger partial charge in [0.15, 0.2) is 12.2 Å². The highest BCUT2D eigenvalue weighted by Crippen LogP contribution is 2.26. The van der Waals surface area contributed by atoms with Crippen molar-refractivity contribution in [3.8, 4) is 22.5 Å². The predicted octanol–water partition coefficient (Wildman–Crippen LogP) is 5.72. The molecular weight excluding hydrogens is 538 g/mol. The van der Waals surface area contributed by atoms with Gasteiger partial charge in [-0.2, -0.15) is 0 Å². The first kappa shape index (κ1) is 30.1. The Morgan fingerprint density at radius 2 is 1.18 bits per heavy atom. The minimum Gasteiger partial charge on any atom is -0.479 e. The molecule has 2 unspecified atom stereocenters. The highest BCUT2D eigenvalue weighted by molar-refractivity contribution is 7.10. The summed E-state index contributed by atoms with van der Waals surface area (Å²) in [7, 11) is 5.89. The van der Waals surface area contributed by atoms with Crippen LogP contribution in [0.25, 0.3) is 22.5 Å². The van der Waals surface area contributed by atoms with Crippen LogP contribution in [0.1, 0.15) is 33.4 Å². The van der Waals surface area contributed by atoms with Crippen LogP contribution in [-0.4, -0.2) is 60.4 Å². The lowest BCUT2D eigenvalue weighted by Crippen LogP contribution is -2.31. The molecule has 2 heterocycles. The highest BCUT2D eigenvalue weighted by Gasteiger charge is 2.24. The van der Waals surface area contributed by atoms with E-state index >= 15 is 0 Å². The number of carbonyl (C=O) groups excluding carboxylic acids is 1. The van der Waals surface area contributed by atoms with Gasteiger partial charge in [-0.15, -0.1) is 22.7 Å². The van der Waals surface area contributed by atoms with Crippen LogP contribution in [0.2, 0.25) is 0 Å². The quantitative estimate of drug-likeness (QED) is 0.255. The molecule has 11 heteroatoms. The van der Waals surface area contributed by atoms with Crippen LogP contribution >= 0.6 is 22.7 Å². The number of carbonyl (C=O) groups is 2. The molecule has 0 saturated heterocycles. The third-order valence-corrected chi connectivity index (χ3v) is 7.31. The Balaban J connectivity index is 0.000000218. The zero-order valence-electron chi connectivity index (χ0n) is 22.6. The molecule has 1 amide bonds. The minimum absolute atomic E-state index is 0.253. The number of aliphatic carboxylic acids is 1. The summed E-state index contributed by atoms with van der Waals surface area (Å²) in [6, 6.07) is 14.9. The fourth-order valence-electron chi connectivity index (χ4n) is 3.66. The lowest BCUT2D eigenvalue weighted by Gasteiger charge is -2.21. The molecule has 9 nitrogen and oxygen atoms in total. The van der Waals surface area contributed by atoms with Crippen molar-refractivity contribution in [2.45, 2.75) is 26.1 Å². The van der Waals surface area contributed by atoms with Gasteiger partial charge in [0.2, 0.25) is 0 Å². The molecule has 0 aliphatic carbocycles. The van der Waals surface area contributed by atoms with Gasteiger partial charge in [-0.3, -0.25) is 9.63 Å². The van der Waals surface area contributed by atoms with Crippen LogP contribution in [0, 0.1) is 13.8 Å². The first-order chi connectivity index (χ1) is 18.7. The van der Waals surface area contributed by atoms with Crippen molar-refractivity contribution in [3.05, 3.63) is 80.4 Å². The number of nitrogens with zero attached hydrogens (tertiary/aromatic N) is 3. The van der Waals surface area contributed by atoms with E-state index in [4.69, 9.17) is 19.4 Å². The standard InChI is InChI=1S/C15H18N2O3S.C13H13NO3S/c1-10-16-13(9-21-10)11-5-7-12(8-6-11)14(19-3)15(18)17(2)20-4;1-8-14-11(7-18-8)9-3-5-10(6-4-9)12(17-2)13(15)16/h5-9,14H,1-4H3;3-7,12H,1-2H3,(H,15,16). The summed E-state index contributed by atoms with van der Waals surface area (Å²) in [6.07, 6.45) is -1.60. The molecule has 2 aromatic heterocycles. The second-order valence-electron chi connectivity index (χ2n) is 8.34. The van der Waals surface area contributed by atoms with Gasteiger partial charge in [-0.25, -0.2) is 19.8 Å². The van der Waals surface area contributed by atoms with Gasteiger partial charge in [0, 0.05) is 43.2 Å². The molecular formula is C28H31N3O6S2. The van der Waals surface area contributed by atoms with Crippen LogP contribution in [-0.2, 0) is 23.9 Å². The monoisotopic (exact) mass is 569 g/mol. The smallest absolute Gasteiger partial charge is 0.337 e. The van der Waals surface area contributed by atoms with Crippen molar-refractivity contribution >= 4 is 34.6 Å². The second-order valence-corrected chi connectivity index (χ2v) is 10.5. The maximum absolute atomic E-state index is 12.1. The van der Waals surface area contributed by atoms with E-state index in [-0.39, 0.29) is 5.91 Å². The fourth-order valence-corrected chi connectivity index (χ4v) is 4.91. The lowest BCUT2D eigenvalue weighted by atomic mass is 10.0. The van der Waals surface area contributed by atoms with E-state index in [1.54, 1.807) is 41.9 Å². The zero-order valence-corrected chi connectivity index (χ0v) is 24.2. The molecule has 39 heavy (non-hydrogen) atoms. The number of thiazole rings is 2. The van der Waals surface area contributed by atoms with Gasteiger partial charge in [0.25, 0.3) is 5.91 Å². The molecule has 4 aromatic rings. The van der Waals surface area contributed by atoms with E-state index < -0.39 is 18.2 Å². The van der Waals surface area contributed by atoms with E-state index in [1.165, 1.54) is 21.3 Å². The SMILES string of the molecule is COC(C(=O)N(C)OC)c1ccc(-c2csc(C)n2)cc1.COC(C(=O)O)c1ccc(-c2csc(C)n2)cc1. The number of methoxy groups -OCH3 is 2. The Hall–Kier alpha value is -3.48. The summed E-state index contributed by atoms with van der Waals surface area (Å²) < 4.78 is 10.2. The van der Waals surface area contributed by atoms with E-state index in [0.717, 1.165) is 43.2 Å². The molecule has 0 radical (unpaired) electrons. The van der Waals surface area contributed by atoms with Crippen molar-refractivity contribution in [1.29, 1.82) is 0 Å². The molecule has 0 aliphatic rings. The number of ether oxygens (including phenoxy) is 2.